The Kier molecular flexibility index (Phi) is 4.48. The Morgan fingerprint density at radius 1 is 1.22 bits per heavy atom. The summed E-state index contributed by atoms with van der Waals surface area (Å²) in [5, 5.41) is 12.4. The van der Waals surface area contributed by atoms with Crippen LogP contribution in [0.15, 0.2) is 48.5 Å². The van der Waals surface area contributed by atoms with Crippen LogP contribution in [0.2, 0.25) is 0 Å². The Hall–Kier alpha value is -2.53. The van der Waals surface area contributed by atoms with Crippen LogP contribution in [-0.2, 0) is 0 Å². The van der Waals surface area contributed by atoms with Crippen molar-refractivity contribution in [2.45, 2.75) is 19.4 Å². The van der Waals surface area contributed by atoms with E-state index in [0.717, 1.165) is 5.56 Å². The third-order valence-corrected chi connectivity index (χ3v) is 3.83. The first-order valence-electron chi connectivity index (χ1n) is 7.69. The topological polar surface area (TPSA) is 61.8 Å². The second-order valence-corrected chi connectivity index (χ2v) is 5.73. The number of hydrogen-bond acceptors (Lipinski definition) is 3. The maximum Gasteiger partial charge on any atom is 0.322 e. The fourth-order valence-electron chi connectivity index (χ4n) is 2.51. The lowest BCUT2D eigenvalue weighted by Gasteiger charge is -2.18. The van der Waals surface area contributed by atoms with Gasteiger partial charge in [0.15, 0.2) is 5.75 Å². The van der Waals surface area contributed by atoms with E-state index in [1.54, 1.807) is 11.0 Å². The van der Waals surface area contributed by atoms with Crippen molar-refractivity contribution in [3.05, 3.63) is 54.1 Å². The van der Waals surface area contributed by atoms with Gasteiger partial charge in [-0.3, -0.25) is 0 Å². The summed E-state index contributed by atoms with van der Waals surface area (Å²) in [7, 11) is 0. The lowest BCUT2D eigenvalue weighted by atomic mass is 10.2. The van der Waals surface area contributed by atoms with Gasteiger partial charge in [0.05, 0.1) is 11.8 Å². The van der Waals surface area contributed by atoms with Gasteiger partial charge in [-0.05, 0) is 37.6 Å². The maximum atomic E-state index is 12.3. The van der Waals surface area contributed by atoms with Gasteiger partial charge in [-0.25, -0.2) is 4.79 Å². The standard InChI is InChI=1S/C18H20N2O3/c1-13-6-8-15(9-7-13)23-17-5-3-2-4-16(17)19-18(22)20-11-10-14(21)12-20/h2-9,14,21H,10-12H2,1H3,(H,19,22)/t14-/m0/s1. The first-order valence-corrected chi connectivity index (χ1v) is 7.69. The summed E-state index contributed by atoms with van der Waals surface area (Å²) < 4.78 is 5.87. The molecule has 0 aromatic heterocycles. The van der Waals surface area contributed by atoms with E-state index in [0.29, 0.717) is 36.7 Å². The number of carbonyl (C=O) groups is 1. The fourth-order valence-corrected chi connectivity index (χ4v) is 2.51. The number of carbonyl (C=O) groups excluding carboxylic acids is 1. The Morgan fingerprint density at radius 2 is 1.96 bits per heavy atom. The fraction of sp³-hybridized carbons (Fsp3) is 0.278. The molecule has 0 bridgehead atoms. The number of aliphatic hydroxyl groups excluding tert-OH is 1. The van der Waals surface area contributed by atoms with Crippen LogP contribution in [0, 0.1) is 6.92 Å². The van der Waals surface area contributed by atoms with Gasteiger partial charge in [-0.15, -0.1) is 0 Å². The van der Waals surface area contributed by atoms with Crippen molar-refractivity contribution in [1.29, 1.82) is 0 Å². The van der Waals surface area contributed by atoms with Crippen molar-refractivity contribution in [3.8, 4) is 11.5 Å². The van der Waals surface area contributed by atoms with Crippen LogP contribution in [0.5, 0.6) is 11.5 Å². The van der Waals surface area contributed by atoms with E-state index in [2.05, 4.69) is 5.32 Å². The molecule has 0 spiro atoms. The van der Waals surface area contributed by atoms with Crippen LogP contribution in [0.4, 0.5) is 10.5 Å². The number of urea groups is 1. The van der Waals surface area contributed by atoms with Crippen LogP contribution >= 0.6 is 0 Å². The van der Waals surface area contributed by atoms with Crippen molar-refractivity contribution in [2.75, 3.05) is 18.4 Å². The number of anilines is 1. The Morgan fingerprint density at radius 3 is 2.65 bits per heavy atom. The summed E-state index contributed by atoms with van der Waals surface area (Å²) in [5.74, 6) is 1.30. The minimum atomic E-state index is -0.431. The molecule has 1 saturated heterocycles. The van der Waals surface area contributed by atoms with Gasteiger partial charge < -0.3 is 20.1 Å². The van der Waals surface area contributed by atoms with E-state index in [4.69, 9.17) is 4.74 Å². The van der Waals surface area contributed by atoms with E-state index < -0.39 is 6.10 Å². The number of hydrogen-bond donors (Lipinski definition) is 2. The summed E-state index contributed by atoms with van der Waals surface area (Å²) in [4.78, 5) is 13.9. The van der Waals surface area contributed by atoms with Crippen LogP contribution in [0.25, 0.3) is 0 Å². The second-order valence-electron chi connectivity index (χ2n) is 5.73. The van der Waals surface area contributed by atoms with Crippen LogP contribution in [0.3, 0.4) is 0 Å². The number of β-amino-alcohol motifs (C(OH)–C–C–N with tert-alkyl or cyclic N) is 1. The largest absolute Gasteiger partial charge is 0.455 e. The van der Waals surface area contributed by atoms with Crippen LogP contribution in [0.1, 0.15) is 12.0 Å². The minimum Gasteiger partial charge on any atom is -0.455 e. The highest BCUT2D eigenvalue weighted by Gasteiger charge is 2.25. The molecule has 1 fully saturated rings. The van der Waals surface area contributed by atoms with Gasteiger partial charge in [0.2, 0.25) is 0 Å². The molecule has 5 heteroatoms. The number of likely N-dealkylation sites (tertiary alicyclic amines) is 1. The second kappa shape index (κ2) is 6.71. The number of aliphatic hydroxyl groups is 1. The zero-order valence-corrected chi connectivity index (χ0v) is 13.0. The maximum absolute atomic E-state index is 12.3. The van der Waals surface area contributed by atoms with Gasteiger partial charge in [-0.1, -0.05) is 29.8 Å². The molecule has 0 unspecified atom stereocenters. The summed E-state index contributed by atoms with van der Waals surface area (Å²) in [6.07, 6.45) is 0.189. The lowest BCUT2D eigenvalue weighted by molar-refractivity contribution is 0.176. The molecule has 0 radical (unpaired) electrons. The predicted octanol–water partition coefficient (Wildman–Crippen LogP) is 3.39. The Balaban J connectivity index is 1.72. The molecular weight excluding hydrogens is 292 g/mol. The van der Waals surface area contributed by atoms with Crippen molar-refractivity contribution in [1.82, 2.24) is 4.90 Å². The lowest BCUT2D eigenvalue weighted by Crippen LogP contribution is -2.33. The van der Waals surface area contributed by atoms with Crippen molar-refractivity contribution >= 4 is 11.7 Å². The SMILES string of the molecule is Cc1ccc(Oc2ccccc2NC(=O)N2CC[C@H](O)C2)cc1. The van der Waals surface area contributed by atoms with E-state index in [-0.39, 0.29) is 6.03 Å². The Labute approximate surface area is 135 Å². The number of para-hydroxylation sites is 2. The number of ether oxygens (including phenoxy) is 1. The van der Waals surface area contributed by atoms with Gasteiger partial charge in [0.25, 0.3) is 0 Å². The highest BCUT2D eigenvalue weighted by atomic mass is 16.5. The van der Waals surface area contributed by atoms with E-state index in [9.17, 15) is 9.90 Å². The molecule has 5 nitrogen and oxygen atoms in total. The molecular formula is C18H20N2O3. The molecule has 2 aromatic carbocycles. The Bertz CT molecular complexity index is 685. The molecule has 3 rings (SSSR count). The van der Waals surface area contributed by atoms with Crippen molar-refractivity contribution in [2.24, 2.45) is 0 Å². The summed E-state index contributed by atoms with van der Waals surface area (Å²) in [6.45, 7) is 2.95. The van der Waals surface area contributed by atoms with E-state index >= 15 is 0 Å². The molecule has 120 valence electrons. The number of nitrogens with one attached hydrogen (secondary N) is 1. The molecule has 2 N–H and O–H groups in total. The zero-order valence-electron chi connectivity index (χ0n) is 13.0. The number of amides is 2. The number of aryl methyl sites for hydroxylation is 1. The normalized spacial score (nSPS) is 17.1. The number of benzene rings is 2. The molecule has 2 aromatic rings. The first kappa shape index (κ1) is 15.4. The van der Waals surface area contributed by atoms with E-state index in [1.807, 2.05) is 49.4 Å². The van der Waals surface area contributed by atoms with Crippen molar-refractivity contribution < 1.29 is 14.6 Å². The first-order chi connectivity index (χ1) is 11.1. The van der Waals surface area contributed by atoms with Crippen LogP contribution < -0.4 is 10.1 Å². The van der Waals surface area contributed by atoms with Crippen molar-refractivity contribution in [3.63, 3.8) is 0 Å². The molecule has 0 aliphatic carbocycles. The molecule has 1 aliphatic heterocycles. The van der Waals surface area contributed by atoms with Gasteiger partial charge in [-0.2, -0.15) is 0 Å². The molecule has 1 atom stereocenters. The number of nitrogens with zero attached hydrogens (tertiary/aromatic N) is 1. The van der Waals surface area contributed by atoms with Gasteiger partial charge >= 0.3 is 6.03 Å². The highest BCUT2D eigenvalue weighted by Crippen LogP contribution is 2.29. The number of rotatable bonds is 3. The molecule has 2 amide bonds. The smallest absolute Gasteiger partial charge is 0.322 e. The van der Waals surface area contributed by atoms with E-state index in [1.165, 1.54) is 0 Å². The average Bonchev–Trinajstić information content (AvgIpc) is 2.98. The van der Waals surface area contributed by atoms with Gasteiger partial charge in [0, 0.05) is 13.1 Å². The highest BCUT2D eigenvalue weighted by molar-refractivity contribution is 5.91. The third kappa shape index (κ3) is 3.81. The quantitative estimate of drug-likeness (QED) is 0.913. The minimum absolute atomic E-state index is 0.221. The summed E-state index contributed by atoms with van der Waals surface area (Å²) in [5.41, 5.74) is 1.77. The van der Waals surface area contributed by atoms with Crippen LogP contribution in [-0.4, -0.2) is 35.2 Å². The monoisotopic (exact) mass is 312 g/mol. The molecule has 23 heavy (non-hydrogen) atoms. The average molecular weight is 312 g/mol. The van der Waals surface area contributed by atoms with Gasteiger partial charge in [0.1, 0.15) is 5.75 Å². The third-order valence-electron chi connectivity index (χ3n) is 3.83. The summed E-state index contributed by atoms with van der Waals surface area (Å²) in [6, 6.07) is 14.8. The summed E-state index contributed by atoms with van der Waals surface area (Å²) >= 11 is 0. The zero-order chi connectivity index (χ0) is 16.2. The molecule has 0 saturated carbocycles. The predicted molar refractivity (Wildman–Crippen MR) is 88.9 cm³/mol. The molecule has 1 aliphatic rings. The molecule has 1 heterocycles.